The Balaban J connectivity index is 3.10. The number of hydrogen-bond acceptors (Lipinski definition) is 2. The van der Waals surface area contributed by atoms with Crippen molar-refractivity contribution in [3.8, 4) is 12.3 Å². The third-order valence-electron chi connectivity index (χ3n) is 1.53. The molecule has 0 saturated heterocycles. The molecule has 76 valence electrons. The van der Waals surface area contributed by atoms with Gasteiger partial charge in [-0.25, -0.2) is 0 Å². The van der Waals surface area contributed by atoms with Gasteiger partial charge in [0.15, 0.2) is 5.69 Å². The van der Waals surface area contributed by atoms with Crippen molar-refractivity contribution in [1.82, 2.24) is 9.78 Å². The topological polar surface area (TPSA) is 38.0 Å². The van der Waals surface area contributed by atoms with E-state index in [1.54, 1.807) is 0 Å². The predicted molar refractivity (Wildman–Crippen MR) is 42.0 cm³/mol. The summed E-state index contributed by atoms with van der Waals surface area (Å²) >= 11 is 0. The Bertz CT molecular complexity index is 362. The van der Waals surface area contributed by atoms with Gasteiger partial charge in [0.2, 0.25) is 0 Å². The lowest BCUT2D eigenvalue weighted by atomic mass is 10.2. The molecule has 1 rings (SSSR count). The maximum absolute atomic E-state index is 12.3. The largest absolute Gasteiger partial charge is 0.435 e. The number of aromatic nitrogens is 2. The summed E-state index contributed by atoms with van der Waals surface area (Å²) in [6, 6.07) is 0. The van der Waals surface area contributed by atoms with Gasteiger partial charge in [0.25, 0.3) is 0 Å². The van der Waals surface area contributed by atoms with Gasteiger partial charge in [-0.3, -0.25) is 4.68 Å². The summed E-state index contributed by atoms with van der Waals surface area (Å²) in [6.45, 7) is -0.761. The lowest BCUT2D eigenvalue weighted by Gasteiger charge is -2.03. The van der Waals surface area contributed by atoms with E-state index in [1.165, 1.54) is 0 Å². The molecule has 0 atom stereocenters. The van der Waals surface area contributed by atoms with Crippen molar-refractivity contribution < 1.29 is 18.3 Å². The van der Waals surface area contributed by atoms with E-state index in [0.29, 0.717) is 0 Å². The van der Waals surface area contributed by atoms with Gasteiger partial charge in [-0.2, -0.15) is 18.3 Å². The minimum Gasteiger partial charge on any atom is -0.392 e. The normalized spacial score (nSPS) is 11.4. The third kappa shape index (κ3) is 2.06. The monoisotopic (exact) mass is 204 g/mol. The zero-order valence-electron chi connectivity index (χ0n) is 7.04. The van der Waals surface area contributed by atoms with Crippen LogP contribution in [0.1, 0.15) is 11.3 Å². The Morgan fingerprint density at radius 2 is 2.21 bits per heavy atom. The summed E-state index contributed by atoms with van der Waals surface area (Å²) in [7, 11) is 0. The molecule has 0 saturated carbocycles. The van der Waals surface area contributed by atoms with Crippen molar-refractivity contribution in [2.45, 2.75) is 19.3 Å². The first-order valence-electron chi connectivity index (χ1n) is 3.67. The van der Waals surface area contributed by atoms with Crippen molar-refractivity contribution in [2.75, 3.05) is 0 Å². The van der Waals surface area contributed by atoms with Crippen LogP contribution in [0.2, 0.25) is 0 Å². The van der Waals surface area contributed by atoms with Crippen molar-refractivity contribution in [1.29, 1.82) is 0 Å². The molecule has 0 spiro atoms. The predicted octanol–water partition coefficient (Wildman–Crippen LogP) is 1.03. The van der Waals surface area contributed by atoms with Crippen LogP contribution in [0.4, 0.5) is 13.2 Å². The lowest BCUT2D eigenvalue weighted by Crippen LogP contribution is -2.09. The first-order chi connectivity index (χ1) is 6.49. The molecule has 0 aliphatic carbocycles. The van der Waals surface area contributed by atoms with Crippen LogP contribution < -0.4 is 0 Å². The van der Waals surface area contributed by atoms with Gasteiger partial charge in [0.05, 0.1) is 6.61 Å². The van der Waals surface area contributed by atoms with Gasteiger partial charge in [0.1, 0.15) is 6.54 Å². The fraction of sp³-hybridized carbons (Fsp3) is 0.375. The van der Waals surface area contributed by atoms with Crippen molar-refractivity contribution in [3.63, 3.8) is 0 Å². The van der Waals surface area contributed by atoms with Gasteiger partial charge >= 0.3 is 6.18 Å². The number of rotatable bonds is 2. The fourth-order valence-corrected chi connectivity index (χ4v) is 0.992. The quantitative estimate of drug-likeness (QED) is 0.730. The second-order valence-electron chi connectivity index (χ2n) is 2.56. The van der Waals surface area contributed by atoms with Crippen molar-refractivity contribution in [3.05, 3.63) is 17.5 Å². The molecule has 1 aromatic heterocycles. The number of alkyl halides is 3. The Labute approximate surface area is 78.2 Å². The molecule has 0 radical (unpaired) electrons. The van der Waals surface area contributed by atoms with Gasteiger partial charge in [-0.05, 0) is 0 Å². The Hall–Kier alpha value is -1.48. The molecular formula is C8H7F3N2O. The third-order valence-corrected chi connectivity index (χ3v) is 1.53. The van der Waals surface area contributed by atoms with Gasteiger partial charge < -0.3 is 5.11 Å². The van der Waals surface area contributed by atoms with E-state index in [-0.39, 0.29) is 12.1 Å². The van der Waals surface area contributed by atoms with E-state index in [0.717, 1.165) is 10.9 Å². The number of halogens is 3. The first-order valence-corrected chi connectivity index (χ1v) is 3.67. The van der Waals surface area contributed by atoms with E-state index in [9.17, 15) is 13.2 Å². The summed E-state index contributed by atoms with van der Waals surface area (Å²) in [5.41, 5.74) is -1.36. The lowest BCUT2D eigenvalue weighted by molar-refractivity contribution is -0.142. The highest BCUT2D eigenvalue weighted by molar-refractivity contribution is 5.19. The summed E-state index contributed by atoms with van der Waals surface area (Å²) in [5, 5.41) is 11.9. The molecule has 0 aromatic carbocycles. The van der Waals surface area contributed by atoms with Crippen LogP contribution in [0.3, 0.4) is 0 Å². The zero-order chi connectivity index (χ0) is 10.8. The van der Waals surface area contributed by atoms with E-state index in [4.69, 9.17) is 11.5 Å². The smallest absolute Gasteiger partial charge is 0.392 e. The average molecular weight is 204 g/mol. The van der Waals surface area contributed by atoms with E-state index < -0.39 is 18.5 Å². The molecule has 0 aliphatic heterocycles. The van der Waals surface area contributed by atoms with Crippen molar-refractivity contribution in [2.24, 2.45) is 0 Å². The number of aliphatic hydroxyl groups is 1. The van der Waals surface area contributed by atoms with Crippen LogP contribution in [0.25, 0.3) is 0 Å². The van der Waals surface area contributed by atoms with Crippen LogP contribution in [-0.4, -0.2) is 14.9 Å². The Morgan fingerprint density at radius 3 is 2.57 bits per heavy atom. The van der Waals surface area contributed by atoms with E-state index >= 15 is 0 Å². The van der Waals surface area contributed by atoms with Crippen LogP contribution in [0.15, 0.2) is 6.20 Å². The minimum absolute atomic E-state index is 0.0525. The molecule has 3 nitrogen and oxygen atoms in total. The summed E-state index contributed by atoms with van der Waals surface area (Å²) in [4.78, 5) is 0. The molecule has 0 aliphatic rings. The van der Waals surface area contributed by atoms with Crippen LogP contribution in [0.5, 0.6) is 0 Å². The summed E-state index contributed by atoms with van der Waals surface area (Å²) in [6.07, 6.45) is 1.44. The molecule has 0 amide bonds. The molecule has 1 heterocycles. The van der Waals surface area contributed by atoms with Crippen LogP contribution in [0, 0.1) is 12.3 Å². The molecule has 6 heteroatoms. The highest BCUT2D eigenvalue weighted by Crippen LogP contribution is 2.30. The number of nitrogens with zero attached hydrogens (tertiary/aromatic N) is 2. The Kier molecular flexibility index (Phi) is 2.81. The molecule has 14 heavy (non-hydrogen) atoms. The summed E-state index contributed by atoms with van der Waals surface area (Å²) < 4.78 is 37.7. The Morgan fingerprint density at radius 1 is 1.57 bits per heavy atom. The number of terminal acetylenes is 1. The maximum atomic E-state index is 12.3. The molecule has 1 N–H and O–H groups in total. The van der Waals surface area contributed by atoms with E-state index in [1.807, 2.05) is 0 Å². The molecule has 0 bridgehead atoms. The van der Waals surface area contributed by atoms with Crippen LogP contribution >= 0.6 is 0 Å². The van der Waals surface area contributed by atoms with E-state index in [2.05, 4.69) is 11.0 Å². The fourth-order valence-electron chi connectivity index (χ4n) is 0.992. The second-order valence-corrected chi connectivity index (χ2v) is 2.56. The van der Waals surface area contributed by atoms with Gasteiger partial charge in [-0.15, -0.1) is 6.42 Å². The molecular weight excluding hydrogens is 197 g/mol. The minimum atomic E-state index is -4.56. The van der Waals surface area contributed by atoms with Gasteiger partial charge in [-0.1, -0.05) is 5.92 Å². The standard InChI is InChI=1S/C8H7F3N2O/c1-2-3-13-4-6(5-14)7(12-13)8(9,10)11/h1,4,14H,3,5H2. The second kappa shape index (κ2) is 3.72. The summed E-state index contributed by atoms with van der Waals surface area (Å²) in [5.74, 6) is 2.15. The molecule has 0 unspecified atom stereocenters. The molecule has 1 aromatic rings. The maximum Gasteiger partial charge on any atom is 0.435 e. The highest BCUT2D eigenvalue weighted by Gasteiger charge is 2.36. The zero-order valence-corrected chi connectivity index (χ0v) is 7.04. The number of aliphatic hydroxyl groups excluding tert-OH is 1. The SMILES string of the molecule is C#CCn1cc(CO)c(C(F)(F)F)n1. The van der Waals surface area contributed by atoms with Crippen LogP contribution in [-0.2, 0) is 19.3 Å². The number of hydrogen-bond donors (Lipinski definition) is 1. The van der Waals surface area contributed by atoms with Gasteiger partial charge in [0, 0.05) is 11.8 Å². The highest BCUT2D eigenvalue weighted by atomic mass is 19.4. The first kappa shape index (κ1) is 10.6. The average Bonchev–Trinajstić information content (AvgIpc) is 2.47. The molecule has 0 fully saturated rings. The van der Waals surface area contributed by atoms with Crippen molar-refractivity contribution >= 4 is 0 Å².